The largest absolute Gasteiger partial charge is 0.481 e. The third-order valence-electron chi connectivity index (χ3n) is 3.56. The Morgan fingerprint density at radius 2 is 2.04 bits per heavy atom. The van der Waals surface area contributed by atoms with Gasteiger partial charge in [-0.3, -0.25) is 14.9 Å². The van der Waals surface area contributed by atoms with Gasteiger partial charge in [0.05, 0.1) is 19.1 Å². The van der Waals surface area contributed by atoms with E-state index in [0.29, 0.717) is 11.4 Å². The number of methoxy groups -OCH3 is 2. The van der Waals surface area contributed by atoms with E-state index in [9.17, 15) is 19.7 Å². The smallest absolute Gasteiger partial charge is 0.328 e. The maximum absolute atomic E-state index is 12.4. The number of hydrogen-bond donors (Lipinski definition) is 1. The van der Waals surface area contributed by atoms with Gasteiger partial charge in [-0.15, -0.1) is 0 Å². The van der Waals surface area contributed by atoms with Crippen LogP contribution in [-0.4, -0.2) is 42.0 Å². The molecule has 1 heterocycles. The summed E-state index contributed by atoms with van der Waals surface area (Å²) < 4.78 is 9.69. The molecule has 1 atom stereocenters. The monoisotopic (exact) mass is 359 g/mol. The minimum atomic E-state index is -0.970. The minimum absolute atomic E-state index is 0.0703. The molecule has 1 aromatic heterocycles. The molecule has 2 aromatic rings. The third-order valence-corrected chi connectivity index (χ3v) is 3.56. The summed E-state index contributed by atoms with van der Waals surface area (Å²) in [6, 6.07) is 7.60. The molecule has 0 radical (unpaired) electrons. The summed E-state index contributed by atoms with van der Waals surface area (Å²) in [4.78, 5) is 38.6. The summed E-state index contributed by atoms with van der Waals surface area (Å²) in [5.41, 5.74) is 0.535. The fourth-order valence-corrected chi connectivity index (χ4v) is 2.23. The van der Waals surface area contributed by atoms with Crippen LogP contribution in [0.15, 0.2) is 42.6 Å². The molecule has 0 bridgehead atoms. The van der Waals surface area contributed by atoms with Gasteiger partial charge in [-0.1, -0.05) is 12.1 Å². The van der Waals surface area contributed by atoms with Gasteiger partial charge in [0.25, 0.3) is 11.6 Å². The van der Waals surface area contributed by atoms with Gasteiger partial charge in [0, 0.05) is 36.4 Å². The van der Waals surface area contributed by atoms with Crippen molar-refractivity contribution in [2.75, 3.05) is 14.2 Å². The zero-order valence-corrected chi connectivity index (χ0v) is 14.2. The zero-order chi connectivity index (χ0) is 19.1. The number of ether oxygens (including phenoxy) is 2. The number of pyridine rings is 1. The summed E-state index contributed by atoms with van der Waals surface area (Å²) in [6.45, 7) is 0. The van der Waals surface area contributed by atoms with E-state index in [0.717, 1.165) is 6.07 Å². The fraction of sp³-hybridized carbons (Fsp3) is 0.235. The standard InChI is InChI=1S/C17H17N3O6/c1-25-15-7-6-11(10-18-15)8-14(17(22)26-2)19-16(21)12-4-3-5-13(9-12)20(23)24/h3-7,9-10,14H,8H2,1-2H3,(H,19,21)/t14-/m1/s1. The molecular weight excluding hydrogens is 342 g/mol. The highest BCUT2D eigenvalue weighted by molar-refractivity contribution is 5.97. The van der Waals surface area contributed by atoms with Crippen molar-refractivity contribution in [2.45, 2.75) is 12.5 Å². The van der Waals surface area contributed by atoms with Crippen molar-refractivity contribution in [3.8, 4) is 5.88 Å². The average molecular weight is 359 g/mol. The molecule has 0 aliphatic rings. The Bertz CT molecular complexity index is 806. The van der Waals surface area contributed by atoms with Crippen LogP contribution in [0.4, 0.5) is 5.69 Å². The van der Waals surface area contributed by atoms with Crippen molar-refractivity contribution < 1.29 is 24.0 Å². The normalized spacial score (nSPS) is 11.3. The van der Waals surface area contributed by atoms with Gasteiger partial charge < -0.3 is 14.8 Å². The molecule has 1 aromatic carbocycles. The Morgan fingerprint density at radius 1 is 1.27 bits per heavy atom. The first kappa shape index (κ1) is 18.8. The molecule has 0 unspecified atom stereocenters. The molecule has 0 aliphatic heterocycles. The first-order chi connectivity index (χ1) is 12.4. The van der Waals surface area contributed by atoms with E-state index in [1.807, 2.05) is 0 Å². The molecule has 1 N–H and O–H groups in total. The van der Waals surface area contributed by atoms with Crippen LogP contribution in [0.25, 0.3) is 0 Å². The van der Waals surface area contributed by atoms with Crippen LogP contribution in [0.1, 0.15) is 15.9 Å². The van der Waals surface area contributed by atoms with Crippen LogP contribution in [0.3, 0.4) is 0 Å². The Balaban J connectivity index is 2.16. The number of nitrogens with one attached hydrogen (secondary N) is 1. The van der Waals surface area contributed by atoms with Crippen molar-refractivity contribution in [2.24, 2.45) is 0 Å². The van der Waals surface area contributed by atoms with Gasteiger partial charge >= 0.3 is 5.97 Å². The van der Waals surface area contributed by atoms with E-state index >= 15 is 0 Å². The molecule has 2 rings (SSSR count). The van der Waals surface area contributed by atoms with E-state index in [2.05, 4.69) is 10.3 Å². The average Bonchev–Trinajstić information content (AvgIpc) is 2.67. The molecule has 0 saturated heterocycles. The summed E-state index contributed by atoms with van der Waals surface area (Å²) in [5.74, 6) is -0.839. The van der Waals surface area contributed by atoms with Crippen LogP contribution in [0.5, 0.6) is 5.88 Å². The van der Waals surface area contributed by atoms with E-state index < -0.39 is 22.8 Å². The maximum Gasteiger partial charge on any atom is 0.328 e. The third kappa shape index (κ3) is 4.76. The van der Waals surface area contributed by atoms with Crippen LogP contribution in [0.2, 0.25) is 0 Å². The first-order valence-corrected chi connectivity index (χ1v) is 7.56. The molecule has 26 heavy (non-hydrogen) atoms. The lowest BCUT2D eigenvalue weighted by atomic mass is 10.1. The molecular formula is C17H17N3O6. The molecule has 0 fully saturated rings. The number of esters is 1. The van der Waals surface area contributed by atoms with Gasteiger partial charge in [-0.2, -0.15) is 0 Å². The van der Waals surface area contributed by atoms with E-state index in [1.54, 1.807) is 12.1 Å². The number of nitrogens with zero attached hydrogens (tertiary/aromatic N) is 2. The molecule has 0 saturated carbocycles. The topological polar surface area (TPSA) is 121 Å². The second-order valence-electron chi connectivity index (χ2n) is 5.27. The molecule has 1 amide bonds. The second kappa shape index (κ2) is 8.56. The van der Waals surface area contributed by atoms with Gasteiger partial charge in [0.15, 0.2) is 0 Å². The molecule has 136 valence electrons. The van der Waals surface area contributed by atoms with Crippen LogP contribution >= 0.6 is 0 Å². The quantitative estimate of drug-likeness (QED) is 0.452. The molecule has 9 nitrogen and oxygen atoms in total. The number of carbonyl (C=O) groups is 2. The Kier molecular flexibility index (Phi) is 6.20. The number of aromatic nitrogens is 1. The number of rotatable bonds is 7. The highest BCUT2D eigenvalue weighted by Crippen LogP contribution is 2.14. The van der Waals surface area contributed by atoms with Crippen LogP contribution < -0.4 is 10.1 Å². The van der Waals surface area contributed by atoms with Crippen LogP contribution in [0, 0.1) is 10.1 Å². The van der Waals surface area contributed by atoms with E-state index in [4.69, 9.17) is 9.47 Å². The van der Waals surface area contributed by atoms with Crippen LogP contribution in [-0.2, 0) is 16.0 Å². The highest BCUT2D eigenvalue weighted by Gasteiger charge is 2.23. The fourth-order valence-electron chi connectivity index (χ4n) is 2.23. The van der Waals surface area contributed by atoms with Gasteiger partial charge in [0.2, 0.25) is 5.88 Å². The predicted molar refractivity (Wildman–Crippen MR) is 90.9 cm³/mol. The number of carbonyl (C=O) groups excluding carboxylic acids is 2. The number of amides is 1. The number of nitro benzene ring substituents is 1. The van der Waals surface area contributed by atoms with Crippen molar-refractivity contribution in [1.82, 2.24) is 10.3 Å². The lowest BCUT2D eigenvalue weighted by molar-refractivity contribution is -0.384. The summed E-state index contributed by atoms with van der Waals surface area (Å²) in [6.07, 6.45) is 1.67. The SMILES string of the molecule is COC(=O)[C@@H](Cc1ccc(OC)nc1)NC(=O)c1cccc([N+](=O)[O-])c1. The summed E-state index contributed by atoms with van der Waals surface area (Å²) in [5, 5.41) is 13.4. The number of benzene rings is 1. The zero-order valence-electron chi connectivity index (χ0n) is 14.2. The predicted octanol–water partition coefficient (Wildman–Crippen LogP) is 1.51. The Morgan fingerprint density at radius 3 is 2.62 bits per heavy atom. The van der Waals surface area contributed by atoms with E-state index in [-0.39, 0.29) is 17.7 Å². The number of hydrogen-bond acceptors (Lipinski definition) is 7. The van der Waals surface area contributed by atoms with Gasteiger partial charge in [0.1, 0.15) is 6.04 Å². The first-order valence-electron chi connectivity index (χ1n) is 7.56. The lowest BCUT2D eigenvalue weighted by Gasteiger charge is -2.16. The van der Waals surface area contributed by atoms with Crippen molar-refractivity contribution >= 4 is 17.6 Å². The highest BCUT2D eigenvalue weighted by atomic mass is 16.6. The van der Waals surface area contributed by atoms with Gasteiger partial charge in [-0.05, 0) is 11.6 Å². The maximum atomic E-state index is 12.4. The lowest BCUT2D eigenvalue weighted by Crippen LogP contribution is -2.43. The molecule has 0 aliphatic carbocycles. The van der Waals surface area contributed by atoms with Crippen molar-refractivity contribution in [3.63, 3.8) is 0 Å². The summed E-state index contributed by atoms with van der Waals surface area (Å²) >= 11 is 0. The number of non-ortho nitro benzene ring substituents is 1. The van der Waals surface area contributed by atoms with Gasteiger partial charge in [-0.25, -0.2) is 9.78 Å². The molecule has 9 heteroatoms. The Labute approximate surface area is 149 Å². The molecule has 0 spiro atoms. The van der Waals surface area contributed by atoms with E-state index in [1.165, 1.54) is 38.6 Å². The summed E-state index contributed by atoms with van der Waals surface area (Å²) in [7, 11) is 2.69. The van der Waals surface area contributed by atoms with Crippen molar-refractivity contribution in [3.05, 3.63) is 63.8 Å². The number of nitro groups is 1. The Hall–Kier alpha value is -3.49. The minimum Gasteiger partial charge on any atom is -0.481 e. The second-order valence-corrected chi connectivity index (χ2v) is 5.27. The van der Waals surface area contributed by atoms with Crippen molar-refractivity contribution in [1.29, 1.82) is 0 Å².